The van der Waals surface area contributed by atoms with E-state index in [1.807, 2.05) is 10.3 Å². The van der Waals surface area contributed by atoms with Gasteiger partial charge in [0.25, 0.3) is 5.91 Å². The number of nitrogens with zero attached hydrogens (tertiary/aromatic N) is 2. The first-order valence-corrected chi connectivity index (χ1v) is 6.88. The zero-order chi connectivity index (χ0) is 11.4. The van der Waals surface area contributed by atoms with Crippen molar-refractivity contribution in [3.05, 3.63) is 16.6 Å². The van der Waals surface area contributed by atoms with Gasteiger partial charge in [0.2, 0.25) is 0 Å². The van der Waals surface area contributed by atoms with Crippen molar-refractivity contribution in [2.24, 2.45) is 5.92 Å². The van der Waals surface area contributed by atoms with Gasteiger partial charge in [0.15, 0.2) is 5.01 Å². The highest BCUT2D eigenvalue weighted by molar-refractivity contribution is 7.11. The first-order valence-electron chi connectivity index (χ1n) is 6.00. The van der Waals surface area contributed by atoms with Crippen LogP contribution in [0.1, 0.15) is 42.4 Å². The molecule has 3 nitrogen and oxygen atoms in total. The van der Waals surface area contributed by atoms with Crippen LogP contribution in [0.3, 0.4) is 0 Å². The van der Waals surface area contributed by atoms with Crippen molar-refractivity contribution in [2.75, 3.05) is 13.1 Å². The second-order valence-corrected chi connectivity index (χ2v) is 5.23. The van der Waals surface area contributed by atoms with E-state index >= 15 is 0 Å². The smallest absolute Gasteiger partial charge is 0.282 e. The molecule has 16 heavy (non-hydrogen) atoms. The molecule has 1 saturated heterocycles. The summed E-state index contributed by atoms with van der Waals surface area (Å²) >= 11 is 1.44. The maximum atomic E-state index is 12.1. The van der Waals surface area contributed by atoms with Crippen molar-refractivity contribution in [1.29, 1.82) is 0 Å². The summed E-state index contributed by atoms with van der Waals surface area (Å²) in [5.74, 6) is 0.917. The lowest BCUT2D eigenvalue weighted by Gasteiger charge is -2.19. The van der Waals surface area contributed by atoms with Gasteiger partial charge in [0.1, 0.15) is 0 Å². The Hall–Kier alpha value is -0.900. The molecule has 2 rings (SSSR count). The molecule has 88 valence electrons. The normalized spacial score (nSPS) is 21.8. The fourth-order valence-electron chi connectivity index (χ4n) is 2.24. The number of hydrogen-bond donors (Lipinski definition) is 0. The average Bonchev–Trinajstić information content (AvgIpc) is 2.73. The number of rotatable bonds is 2. The van der Waals surface area contributed by atoms with Crippen LogP contribution in [0.5, 0.6) is 0 Å². The molecule has 1 atom stereocenters. The number of aromatic nitrogens is 1. The highest BCUT2D eigenvalue weighted by Gasteiger charge is 2.21. The molecule has 0 aromatic carbocycles. The lowest BCUT2D eigenvalue weighted by atomic mass is 9.98. The van der Waals surface area contributed by atoms with E-state index in [-0.39, 0.29) is 5.91 Å². The second kappa shape index (κ2) is 5.43. The molecule has 2 heterocycles. The SMILES string of the molecule is CCC1CCCN(C(=O)c2nccs2)CC1. The minimum absolute atomic E-state index is 0.117. The molecular weight excluding hydrogens is 220 g/mol. The highest BCUT2D eigenvalue weighted by Crippen LogP contribution is 2.21. The molecule has 0 saturated carbocycles. The first-order chi connectivity index (χ1) is 7.81. The number of hydrogen-bond acceptors (Lipinski definition) is 3. The van der Waals surface area contributed by atoms with E-state index in [0.717, 1.165) is 31.8 Å². The summed E-state index contributed by atoms with van der Waals surface area (Å²) in [4.78, 5) is 18.1. The zero-order valence-electron chi connectivity index (χ0n) is 9.69. The lowest BCUT2D eigenvalue weighted by molar-refractivity contribution is 0.0759. The van der Waals surface area contributed by atoms with Gasteiger partial charge in [-0.3, -0.25) is 4.79 Å². The molecule has 0 radical (unpaired) electrons. The summed E-state index contributed by atoms with van der Waals surface area (Å²) in [7, 11) is 0. The van der Waals surface area contributed by atoms with Crippen LogP contribution in [-0.2, 0) is 0 Å². The number of amides is 1. The van der Waals surface area contributed by atoms with Gasteiger partial charge in [-0.1, -0.05) is 13.3 Å². The summed E-state index contributed by atoms with van der Waals surface area (Å²) in [6.07, 6.45) is 6.48. The predicted molar refractivity (Wildman–Crippen MR) is 65.6 cm³/mol. The Morgan fingerprint density at radius 1 is 1.56 bits per heavy atom. The van der Waals surface area contributed by atoms with Gasteiger partial charge < -0.3 is 4.90 Å². The fourth-order valence-corrected chi connectivity index (χ4v) is 2.84. The van der Waals surface area contributed by atoms with Crippen molar-refractivity contribution < 1.29 is 4.79 Å². The summed E-state index contributed by atoms with van der Waals surface area (Å²) in [6, 6.07) is 0. The first kappa shape index (κ1) is 11.6. The Morgan fingerprint density at radius 3 is 3.12 bits per heavy atom. The predicted octanol–water partition coefficient (Wildman–Crippen LogP) is 2.80. The Kier molecular flexibility index (Phi) is 3.93. The third-order valence-corrected chi connectivity index (χ3v) is 4.09. The van der Waals surface area contributed by atoms with Crippen LogP contribution in [0, 0.1) is 5.92 Å². The van der Waals surface area contributed by atoms with E-state index < -0.39 is 0 Å². The van der Waals surface area contributed by atoms with E-state index in [4.69, 9.17) is 0 Å². The van der Waals surface area contributed by atoms with Crippen molar-refractivity contribution in [3.63, 3.8) is 0 Å². The second-order valence-electron chi connectivity index (χ2n) is 4.33. The number of carbonyl (C=O) groups is 1. The monoisotopic (exact) mass is 238 g/mol. The Morgan fingerprint density at radius 2 is 2.44 bits per heavy atom. The minimum Gasteiger partial charge on any atom is -0.337 e. The molecule has 1 aliphatic heterocycles. The molecule has 1 aromatic rings. The third-order valence-electron chi connectivity index (χ3n) is 3.33. The van der Waals surface area contributed by atoms with Crippen LogP contribution in [-0.4, -0.2) is 28.9 Å². The zero-order valence-corrected chi connectivity index (χ0v) is 10.5. The molecule has 0 spiro atoms. The van der Waals surface area contributed by atoms with E-state index in [0.29, 0.717) is 5.01 Å². The van der Waals surface area contributed by atoms with Gasteiger partial charge in [-0.15, -0.1) is 11.3 Å². The number of carbonyl (C=O) groups excluding carboxylic acids is 1. The largest absolute Gasteiger partial charge is 0.337 e. The topological polar surface area (TPSA) is 33.2 Å². The van der Waals surface area contributed by atoms with Gasteiger partial charge in [0, 0.05) is 24.7 Å². The fraction of sp³-hybridized carbons (Fsp3) is 0.667. The summed E-state index contributed by atoms with van der Waals surface area (Å²) < 4.78 is 0. The maximum absolute atomic E-state index is 12.1. The summed E-state index contributed by atoms with van der Waals surface area (Å²) in [5.41, 5.74) is 0. The molecule has 0 bridgehead atoms. The Balaban J connectivity index is 1.97. The van der Waals surface area contributed by atoms with Crippen LogP contribution >= 0.6 is 11.3 Å². The van der Waals surface area contributed by atoms with Gasteiger partial charge in [0.05, 0.1) is 0 Å². The standard InChI is InChI=1S/C12H18N2OS/c1-2-10-4-3-7-14(8-5-10)12(15)11-13-6-9-16-11/h6,9-10H,2-5,7-8H2,1H3. The van der Waals surface area contributed by atoms with Crippen LogP contribution in [0.25, 0.3) is 0 Å². The molecule has 1 amide bonds. The molecular formula is C12H18N2OS. The van der Waals surface area contributed by atoms with E-state index in [1.165, 1.54) is 24.2 Å². The van der Waals surface area contributed by atoms with Gasteiger partial charge >= 0.3 is 0 Å². The highest BCUT2D eigenvalue weighted by atomic mass is 32.1. The molecule has 0 aliphatic carbocycles. The van der Waals surface area contributed by atoms with Crippen LogP contribution in [0.2, 0.25) is 0 Å². The van der Waals surface area contributed by atoms with E-state index in [1.54, 1.807) is 6.20 Å². The quantitative estimate of drug-likeness (QED) is 0.793. The number of thiazole rings is 1. The minimum atomic E-state index is 0.117. The van der Waals surface area contributed by atoms with Crippen molar-refractivity contribution >= 4 is 17.2 Å². The molecule has 1 fully saturated rings. The Bertz CT molecular complexity index is 337. The van der Waals surface area contributed by atoms with Crippen molar-refractivity contribution in [1.82, 2.24) is 9.88 Å². The molecule has 1 unspecified atom stereocenters. The van der Waals surface area contributed by atoms with Gasteiger partial charge in [-0.05, 0) is 25.2 Å². The van der Waals surface area contributed by atoms with Crippen molar-refractivity contribution in [2.45, 2.75) is 32.6 Å². The van der Waals surface area contributed by atoms with Gasteiger partial charge in [-0.25, -0.2) is 4.98 Å². The molecule has 1 aliphatic rings. The molecule has 0 N–H and O–H groups in total. The summed E-state index contributed by atoms with van der Waals surface area (Å²) in [5, 5.41) is 2.50. The van der Waals surface area contributed by atoms with Crippen LogP contribution in [0.15, 0.2) is 11.6 Å². The van der Waals surface area contributed by atoms with Crippen molar-refractivity contribution in [3.8, 4) is 0 Å². The van der Waals surface area contributed by atoms with Gasteiger partial charge in [-0.2, -0.15) is 0 Å². The number of likely N-dealkylation sites (tertiary alicyclic amines) is 1. The molecule has 1 aromatic heterocycles. The van der Waals surface area contributed by atoms with E-state index in [2.05, 4.69) is 11.9 Å². The van der Waals surface area contributed by atoms with E-state index in [9.17, 15) is 4.79 Å². The van der Waals surface area contributed by atoms with Crippen LogP contribution in [0.4, 0.5) is 0 Å². The third kappa shape index (κ3) is 2.61. The maximum Gasteiger partial charge on any atom is 0.282 e. The lowest BCUT2D eigenvalue weighted by Crippen LogP contribution is -2.31. The van der Waals surface area contributed by atoms with Crippen LogP contribution < -0.4 is 0 Å². The summed E-state index contributed by atoms with van der Waals surface area (Å²) in [6.45, 7) is 4.04. The average molecular weight is 238 g/mol. The molecule has 4 heteroatoms. The Labute approximate surface area is 100 Å².